The monoisotopic (exact) mass is 319 g/mol. The van der Waals surface area contributed by atoms with Crippen molar-refractivity contribution in [1.29, 1.82) is 0 Å². The van der Waals surface area contributed by atoms with Gasteiger partial charge in [-0.25, -0.2) is 0 Å². The molecule has 1 N–H and O–H groups in total. The molecule has 2 aliphatic heterocycles. The third-order valence-electron chi connectivity index (χ3n) is 5.33. The van der Waals surface area contributed by atoms with Crippen LogP contribution in [-0.2, 0) is 9.47 Å². The minimum atomic E-state index is -0.228. The van der Waals surface area contributed by atoms with Crippen LogP contribution in [-0.4, -0.2) is 43.4 Å². The normalized spacial score (nSPS) is 27.7. The summed E-state index contributed by atoms with van der Waals surface area (Å²) in [5.74, 6) is 2.75. The molecule has 3 aliphatic rings. The topological polar surface area (TPSA) is 41.9 Å². The Balaban J connectivity index is 1.87. The molecule has 23 heavy (non-hydrogen) atoms. The van der Waals surface area contributed by atoms with Gasteiger partial charge in [0.15, 0.2) is 5.76 Å². The van der Waals surface area contributed by atoms with Crippen molar-refractivity contribution in [2.45, 2.75) is 45.6 Å². The Morgan fingerprint density at radius 2 is 2.09 bits per heavy atom. The summed E-state index contributed by atoms with van der Waals surface area (Å²) in [4.78, 5) is 2.50. The first kappa shape index (κ1) is 16.4. The first-order valence-electron chi connectivity index (χ1n) is 8.70. The van der Waals surface area contributed by atoms with E-state index in [1.807, 2.05) is 0 Å². The molecule has 0 saturated carbocycles. The van der Waals surface area contributed by atoms with E-state index < -0.39 is 0 Å². The van der Waals surface area contributed by atoms with Crippen LogP contribution < -0.4 is 0 Å². The highest BCUT2D eigenvalue weighted by atomic mass is 16.5. The standard InChI is InChI=1S/C19H29NO3/c1-12(2)7-14-11-20-6-5-13-8-18(22-3)19(23-4)9-15(13)16(20)10-17(14)21/h8,12,14,17,21H,5-7,9-11H2,1-4H3/t14-,17-/m1/s1. The third kappa shape index (κ3) is 3.14. The molecule has 128 valence electrons. The van der Waals surface area contributed by atoms with Gasteiger partial charge < -0.3 is 19.5 Å². The van der Waals surface area contributed by atoms with E-state index in [1.165, 1.54) is 16.8 Å². The third-order valence-corrected chi connectivity index (χ3v) is 5.33. The van der Waals surface area contributed by atoms with Crippen LogP contribution >= 0.6 is 0 Å². The molecule has 4 heteroatoms. The summed E-state index contributed by atoms with van der Waals surface area (Å²) in [7, 11) is 3.40. The van der Waals surface area contributed by atoms with E-state index in [1.54, 1.807) is 14.2 Å². The smallest absolute Gasteiger partial charge is 0.157 e. The Hall–Kier alpha value is -1.42. The van der Waals surface area contributed by atoms with Crippen LogP contribution in [0.3, 0.4) is 0 Å². The lowest BCUT2D eigenvalue weighted by Crippen LogP contribution is -2.45. The molecular weight excluding hydrogens is 290 g/mol. The number of hydrogen-bond donors (Lipinski definition) is 1. The molecule has 0 amide bonds. The number of piperidine rings is 1. The second kappa shape index (κ2) is 6.60. The molecule has 3 rings (SSSR count). The Labute approximate surface area is 139 Å². The van der Waals surface area contributed by atoms with Crippen molar-refractivity contribution in [3.8, 4) is 0 Å². The fourth-order valence-corrected chi connectivity index (χ4v) is 4.18. The summed E-state index contributed by atoms with van der Waals surface area (Å²) in [5.41, 5.74) is 4.01. The van der Waals surface area contributed by atoms with Crippen LogP contribution in [0.5, 0.6) is 0 Å². The lowest BCUT2D eigenvalue weighted by Gasteiger charge is -2.45. The van der Waals surface area contributed by atoms with Gasteiger partial charge >= 0.3 is 0 Å². The summed E-state index contributed by atoms with van der Waals surface area (Å²) in [6.45, 7) is 6.50. The van der Waals surface area contributed by atoms with Crippen LogP contribution in [0, 0.1) is 11.8 Å². The SMILES string of the molecule is COC1=C(OC)CC2=C3C[C@@H](O)[C@H](CC(C)C)CN3CCC2=C1. The van der Waals surface area contributed by atoms with E-state index in [-0.39, 0.29) is 6.10 Å². The lowest BCUT2D eigenvalue weighted by atomic mass is 9.80. The maximum Gasteiger partial charge on any atom is 0.157 e. The zero-order valence-corrected chi connectivity index (χ0v) is 14.8. The van der Waals surface area contributed by atoms with E-state index >= 15 is 0 Å². The average molecular weight is 319 g/mol. The van der Waals surface area contributed by atoms with Crippen molar-refractivity contribution in [2.24, 2.45) is 11.8 Å². The molecule has 0 bridgehead atoms. The number of allylic oxidation sites excluding steroid dienone is 2. The maximum absolute atomic E-state index is 10.6. The Morgan fingerprint density at radius 1 is 1.30 bits per heavy atom. The summed E-state index contributed by atoms with van der Waals surface area (Å²) in [6, 6.07) is 0. The second-order valence-corrected chi connectivity index (χ2v) is 7.32. The second-order valence-electron chi connectivity index (χ2n) is 7.32. The van der Waals surface area contributed by atoms with E-state index in [9.17, 15) is 5.11 Å². The zero-order chi connectivity index (χ0) is 16.6. The van der Waals surface area contributed by atoms with E-state index in [0.717, 1.165) is 50.3 Å². The van der Waals surface area contributed by atoms with Crippen LogP contribution in [0.4, 0.5) is 0 Å². The molecule has 0 aromatic carbocycles. The van der Waals surface area contributed by atoms with Gasteiger partial charge in [0.2, 0.25) is 0 Å². The maximum atomic E-state index is 10.6. The fraction of sp³-hybridized carbons (Fsp3) is 0.684. The number of aliphatic hydroxyl groups excluding tert-OH is 1. The Bertz CT molecular complexity index is 559. The molecule has 0 unspecified atom stereocenters. The lowest BCUT2D eigenvalue weighted by molar-refractivity contribution is 0.0382. The minimum absolute atomic E-state index is 0.228. The highest BCUT2D eigenvalue weighted by Gasteiger charge is 2.36. The molecule has 4 nitrogen and oxygen atoms in total. The molecule has 0 spiro atoms. The first-order valence-corrected chi connectivity index (χ1v) is 8.70. The molecule has 0 aromatic heterocycles. The number of rotatable bonds is 4. The molecular formula is C19H29NO3. The summed E-state index contributed by atoms with van der Waals surface area (Å²) < 4.78 is 11.0. The number of hydrogen-bond acceptors (Lipinski definition) is 4. The van der Waals surface area contributed by atoms with Crippen LogP contribution in [0.15, 0.2) is 34.4 Å². The number of aliphatic hydroxyl groups is 1. The van der Waals surface area contributed by atoms with Crippen LogP contribution in [0.25, 0.3) is 0 Å². The van der Waals surface area contributed by atoms with Gasteiger partial charge in [0.05, 0.1) is 20.3 Å². The van der Waals surface area contributed by atoms with Crippen molar-refractivity contribution < 1.29 is 14.6 Å². The molecule has 2 atom stereocenters. The quantitative estimate of drug-likeness (QED) is 0.864. The molecule has 2 heterocycles. The van der Waals surface area contributed by atoms with Crippen molar-refractivity contribution in [3.05, 3.63) is 34.4 Å². The molecule has 0 aromatic rings. The molecule has 1 saturated heterocycles. The van der Waals surface area contributed by atoms with Crippen LogP contribution in [0.1, 0.15) is 39.5 Å². The summed E-state index contributed by atoms with van der Waals surface area (Å²) in [5, 5.41) is 10.6. The highest BCUT2D eigenvalue weighted by Crippen LogP contribution is 2.42. The predicted molar refractivity (Wildman–Crippen MR) is 90.5 cm³/mol. The predicted octanol–water partition coefficient (Wildman–Crippen LogP) is 3.21. The highest BCUT2D eigenvalue weighted by molar-refractivity contribution is 5.48. The number of nitrogens with zero attached hydrogens (tertiary/aromatic N) is 1. The van der Waals surface area contributed by atoms with Gasteiger partial charge in [-0.3, -0.25) is 0 Å². The Kier molecular flexibility index (Phi) is 4.72. The van der Waals surface area contributed by atoms with Gasteiger partial charge in [-0.05, 0) is 36.0 Å². The van der Waals surface area contributed by atoms with Gasteiger partial charge in [0.25, 0.3) is 0 Å². The van der Waals surface area contributed by atoms with E-state index in [2.05, 4.69) is 24.8 Å². The Morgan fingerprint density at radius 3 is 2.74 bits per heavy atom. The van der Waals surface area contributed by atoms with Crippen molar-refractivity contribution in [2.75, 3.05) is 27.3 Å². The fourth-order valence-electron chi connectivity index (χ4n) is 4.18. The van der Waals surface area contributed by atoms with E-state index in [4.69, 9.17) is 9.47 Å². The van der Waals surface area contributed by atoms with E-state index in [0.29, 0.717) is 11.8 Å². The number of fused-ring (bicyclic) bond motifs is 2. The zero-order valence-electron chi connectivity index (χ0n) is 14.8. The minimum Gasteiger partial charge on any atom is -0.497 e. The average Bonchev–Trinajstić information content (AvgIpc) is 2.53. The van der Waals surface area contributed by atoms with Gasteiger partial charge in [0, 0.05) is 37.5 Å². The summed E-state index contributed by atoms with van der Waals surface area (Å²) >= 11 is 0. The van der Waals surface area contributed by atoms with Gasteiger partial charge in [-0.1, -0.05) is 13.8 Å². The number of ether oxygens (including phenoxy) is 2. The molecule has 1 aliphatic carbocycles. The summed E-state index contributed by atoms with van der Waals surface area (Å²) in [6.07, 6.45) is 5.58. The van der Waals surface area contributed by atoms with Crippen LogP contribution in [0.2, 0.25) is 0 Å². The van der Waals surface area contributed by atoms with Gasteiger partial charge in [-0.2, -0.15) is 0 Å². The van der Waals surface area contributed by atoms with Crippen molar-refractivity contribution >= 4 is 0 Å². The van der Waals surface area contributed by atoms with Gasteiger partial charge in [-0.15, -0.1) is 0 Å². The van der Waals surface area contributed by atoms with Crippen molar-refractivity contribution in [1.82, 2.24) is 4.90 Å². The van der Waals surface area contributed by atoms with Crippen molar-refractivity contribution in [3.63, 3.8) is 0 Å². The molecule has 0 radical (unpaired) electrons. The first-order chi connectivity index (χ1) is 11.0. The van der Waals surface area contributed by atoms with Gasteiger partial charge in [0.1, 0.15) is 5.76 Å². The molecule has 1 fully saturated rings. The largest absolute Gasteiger partial charge is 0.497 e. The number of methoxy groups -OCH3 is 2.